The first kappa shape index (κ1) is 19.9. The highest BCUT2D eigenvalue weighted by Gasteiger charge is 2.37. The monoisotopic (exact) mass is 413 g/mol. The summed E-state index contributed by atoms with van der Waals surface area (Å²) in [5.74, 6) is 0.131. The van der Waals surface area contributed by atoms with Crippen LogP contribution in [0, 0.1) is 5.82 Å². The molecule has 0 amide bonds. The van der Waals surface area contributed by atoms with E-state index in [2.05, 4.69) is 10.0 Å². The summed E-state index contributed by atoms with van der Waals surface area (Å²) in [6.07, 6.45) is 0.540. The molecule has 2 atom stereocenters. The SMILES string of the molecule is COc1ccccc1C1CC(CNc2ccc(F)c(Cl)c2)N(C)S(=O)(=O)N1. The number of nitrogens with one attached hydrogen (secondary N) is 2. The first-order chi connectivity index (χ1) is 12.8. The van der Waals surface area contributed by atoms with Gasteiger partial charge in [-0.2, -0.15) is 17.4 Å². The molecule has 0 bridgehead atoms. The zero-order chi connectivity index (χ0) is 19.6. The van der Waals surface area contributed by atoms with Gasteiger partial charge in [-0.1, -0.05) is 29.8 Å². The van der Waals surface area contributed by atoms with Crippen LogP contribution in [0.4, 0.5) is 10.1 Å². The molecular weight excluding hydrogens is 393 g/mol. The lowest BCUT2D eigenvalue weighted by atomic mass is 9.99. The molecule has 27 heavy (non-hydrogen) atoms. The third kappa shape index (κ3) is 4.35. The molecule has 1 heterocycles. The standard InChI is InChI=1S/C18H21ClFN3O3S/c1-23-13(11-21-12-7-8-16(20)15(19)9-12)10-17(22-27(23,24)25)14-5-3-4-6-18(14)26-2/h3-9,13,17,21-22H,10-11H2,1-2H3. The Labute approximate surface area is 163 Å². The van der Waals surface area contributed by atoms with Crippen molar-refractivity contribution >= 4 is 27.5 Å². The topological polar surface area (TPSA) is 70.7 Å². The molecule has 146 valence electrons. The van der Waals surface area contributed by atoms with Crippen LogP contribution < -0.4 is 14.8 Å². The van der Waals surface area contributed by atoms with Crippen molar-refractivity contribution in [1.29, 1.82) is 0 Å². The summed E-state index contributed by atoms with van der Waals surface area (Å²) in [5, 5.41) is 3.15. The molecule has 0 radical (unpaired) electrons. The first-order valence-electron chi connectivity index (χ1n) is 8.39. The molecule has 2 unspecified atom stereocenters. The van der Waals surface area contributed by atoms with Crippen molar-refractivity contribution in [3.05, 3.63) is 58.9 Å². The number of nitrogens with zero attached hydrogens (tertiary/aromatic N) is 1. The number of benzene rings is 2. The lowest BCUT2D eigenvalue weighted by Gasteiger charge is -2.37. The Morgan fingerprint density at radius 3 is 2.78 bits per heavy atom. The smallest absolute Gasteiger partial charge is 0.280 e. The Hall–Kier alpha value is -1.87. The zero-order valence-electron chi connectivity index (χ0n) is 14.9. The Kier molecular flexibility index (Phi) is 5.90. The van der Waals surface area contributed by atoms with Crippen molar-refractivity contribution < 1.29 is 17.5 Å². The minimum Gasteiger partial charge on any atom is -0.496 e. The Morgan fingerprint density at radius 2 is 2.07 bits per heavy atom. The van der Waals surface area contributed by atoms with Gasteiger partial charge in [0.2, 0.25) is 0 Å². The zero-order valence-corrected chi connectivity index (χ0v) is 16.5. The second-order valence-corrected chi connectivity index (χ2v) is 8.50. The normalized spacial score (nSPS) is 22.4. The van der Waals surface area contributed by atoms with Gasteiger partial charge in [-0.15, -0.1) is 0 Å². The van der Waals surface area contributed by atoms with E-state index in [0.717, 1.165) is 5.56 Å². The van der Waals surface area contributed by atoms with Crippen LogP contribution in [-0.4, -0.2) is 39.5 Å². The molecule has 2 N–H and O–H groups in total. The second kappa shape index (κ2) is 8.02. The largest absolute Gasteiger partial charge is 0.496 e. The number of anilines is 1. The molecule has 1 fully saturated rings. The molecule has 2 aromatic carbocycles. The predicted octanol–water partition coefficient (Wildman–Crippen LogP) is 3.18. The van der Waals surface area contributed by atoms with Gasteiger partial charge < -0.3 is 10.1 Å². The quantitative estimate of drug-likeness (QED) is 0.789. The summed E-state index contributed by atoms with van der Waals surface area (Å²) < 4.78 is 47.8. The molecule has 0 spiro atoms. The maximum atomic E-state index is 13.3. The maximum Gasteiger partial charge on any atom is 0.280 e. The maximum absolute atomic E-state index is 13.3. The highest BCUT2D eigenvalue weighted by atomic mass is 35.5. The van der Waals surface area contributed by atoms with Crippen molar-refractivity contribution in [2.24, 2.45) is 0 Å². The summed E-state index contributed by atoms with van der Waals surface area (Å²) in [6.45, 7) is 0.352. The van der Waals surface area contributed by atoms with E-state index in [0.29, 0.717) is 24.4 Å². The number of hydrogen-bond donors (Lipinski definition) is 2. The highest BCUT2D eigenvalue weighted by Crippen LogP contribution is 2.33. The van der Waals surface area contributed by atoms with Gasteiger partial charge >= 0.3 is 0 Å². The van der Waals surface area contributed by atoms with Gasteiger partial charge in [0.1, 0.15) is 11.6 Å². The molecule has 0 saturated carbocycles. The van der Waals surface area contributed by atoms with Gasteiger partial charge in [0.15, 0.2) is 0 Å². The highest BCUT2D eigenvalue weighted by molar-refractivity contribution is 7.87. The molecule has 9 heteroatoms. The molecule has 3 rings (SSSR count). The van der Waals surface area contributed by atoms with E-state index in [-0.39, 0.29) is 11.1 Å². The van der Waals surface area contributed by atoms with Gasteiger partial charge in [0, 0.05) is 30.9 Å². The number of ether oxygens (including phenoxy) is 1. The van der Waals surface area contributed by atoms with E-state index < -0.39 is 22.1 Å². The van der Waals surface area contributed by atoms with Crippen LogP contribution in [0.5, 0.6) is 5.75 Å². The lowest BCUT2D eigenvalue weighted by molar-refractivity contribution is 0.293. The van der Waals surface area contributed by atoms with E-state index in [9.17, 15) is 12.8 Å². The van der Waals surface area contributed by atoms with Crippen LogP contribution in [0.3, 0.4) is 0 Å². The fourth-order valence-corrected chi connectivity index (χ4v) is 4.61. The molecule has 1 aliphatic rings. The van der Waals surface area contributed by atoms with Crippen LogP contribution >= 0.6 is 11.6 Å². The van der Waals surface area contributed by atoms with Crippen LogP contribution in [0.2, 0.25) is 5.02 Å². The summed E-state index contributed by atoms with van der Waals surface area (Å²) in [4.78, 5) is 0. The van der Waals surface area contributed by atoms with Crippen LogP contribution in [0.1, 0.15) is 18.0 Å². The number of rotatable bonds is 5. The minimum atomic E-state index is -3.65. The third-order valence-electron chi connectivity index (χ3n) is 4.67. The van der Waals surface area contributed by atoms with Crippen molar-refractivity contribution in [1.82, 2.24) is 9.03 Å². The fraction of sp³-hybridized carbons (Fsp3) is 0.333. The van der Waals surface area contributed by atoms with Gasteiger partial charge in [0.05, 0.1) is 18.2 Å². The first-order valence-corrected chi connectivity index (χ1v) is 10.2. The Balaban J connectivity index is 1.80. The van der Waals surface area contributed by atoms with E-state index in [1.165, 1.54) is 23.5 Å². The van der Waals surface area contributed by atoms with Crippen LogP contribution in [0.15, 0.2) is 42.5 Å². The van der Waals surface area contributed by atoms with Gasteiger partial charge in [-0.25, -0.2) is 4.39 Å². The number of methoxy groups -OCH3 is 1. The lowest BCUT2D eigenvalue weighted by Crippen LogP contribution is -2.54. The Bertz CT molecular complexity index is 926. The minimum absolute atomic E-state index is 0.0122. The van der Waals surface area contributed by atoms with Crippen molar-refractivity contribution in [3.8, 4) is 5.75 Å². The van der Waals surface area contributed by atoms with Gasteiger partial charge in [0.25, 0.3) is 10.2 Å². The molecule has 1 aliphatic heterocycles. The molecule has 2 aromatic rings. The summed E-state index contributed by atoms with van der Waals surface area (Å²) in [7, 11) is -0.563. The summed E-state index contributed by atoms with van der Waals surface area (Å²) in [6, 6.07) is 10.9. The van der Waals surface area contributed by atoms with Crippen molar-refractivity contribution in [2.45, 2.75) is 18.5 Å². The second-order valence-electron chi connectivity index (χ2n) is 6.33. The van der Waals surface area contributed by atoms with Gasteiger partial charge in [-0.05, 0) is 30.7 Å². The van der Waals surface area contributed by atoms with E-state index in [4.69, 9.17) is 16.3 Å². The van der Waals surface area contributed by atoms with Crippen molar-refractivity contribution in [2.75, 3.05) is 26.0 Å². The molecular formula is C18H21ClFN3O3S. The average Bonchev–Trinajstić information content (AvgIpc) is 2.65. The number of para-hydroxylation sites is 1. The van der Waals surface area contributed by atoms with Crippen LogP contribution in [-0.2, 0) is 10.2 Å². The van der Waals surface area contributed by atoms with Gasteiger partial charge in [-0.3, -0.25) is 0 Å². The van der Waals surface area contributed by atoms with Crippen molar-refractivity contribution in [3.63, 3.8) is 0 Å². The van der Waals surface area contributed by atoms with Crippen LogP contribution in [0.25, 0.3) is 0 Å². The summed E-state index contributed by atoms with van der Waals surface area (Å²) >= 11 is 5.80. The molecule has 6 nitrogen and oxygen atoms in total. The molecule has 0 aliphatic carbocycles. The van der Waals surface area contributed by atoms with E-state index >= 15 is 0 Å². The number of halogens is 2. The predicted molar refractivity (Wildman–Crippen MR) is 104 cm³/mol. The summed E-state index contributed by atoms with van der Waals surface area (Å²) in [5.41, 5.74) is 1.41. The van der Waals surface area contributed by atoms with E-state index in [1.54, 1.807) is 19.2 Å². The van der Waals surface area contributed by atoms with E-state index in [1.807, 2.05) is 18.2 Å². The molecule has 1 saturated heterocycles. The average molecular weight is 414 g/mol. The third-order valence-corrected chi connectivity index (χ3v) is 6.60. The fourth-order valence-electron chi connectivity index (χ4n) is 3.13. The number of likely N-dealkylation sites (N-methyl/N-ethyl adjacent to an activating group) is 1. The Morgan fingerprint density at radius 1 is 1.33 bits per heavy atom. The number of hydrogen-bond acceptors (Lipinski definition) is 4. The molecule has 0 aromatic heterocycles.